The SMILES string of the molecule is CNC(=O)c1ccnc2c(CCNC(C)=O)cccc12. The van der Waals surface area contributed by atoms with E-state index in [0.29, 0.717) is 18.5 Å². The minimum atomic E-state index is -0.128. The standard InChI is InChI=1S/C15H17N3O2/c1-10(19)17-8-6-11-4-3-5-12-13(15(20)16-2)7-9-18-14(11)12/h3-5,7,9H,6,8H2,1-2H3,(H,16,20)(H,17,19). The van der Waals surface area contributed by atoms with Gasteiger partial charge in [-0.15, -0.1) is 0 Å². The number of carbonyl (C=O) groups excluding carboxylic acids is 2. The van der Waals surface area contributed by atoms with Gasteiger partial charge < -0.3 is 10.6 Å². The molecule has 0 unspecified atom stereocenters. The third-order valence-corrected chi connectivity index (χ3v) is 3.09. The Hall–Kier alpha value is -2.43. The van der Waals surface area contributed by atoms with Crippen LogP contribution in [0.5, 0.6) is 0 Å². The van der Waals surface area contributed by atoms with Crippen molar-refractivity contribution in [3.05, 3.63) is 41.6 Å². The number of benzene rings is 1. The second-order valence-electron chi connectivity index (χ2n) is 4.48. The lowest BCUT2D eigenvalue weighted by Crippen LogP contribution is -2.22. The molecular weight excluding hydrogens is 254 g/mol. The second kappa shape index (κ2) is 6.14. The molecule has 0 fully saturated rings. The number of nitrogens with one attached hydrogen (secondary N) is 2. The van der Waals surface area contributed by atoms with Crippen LogP contribution in [0, 0.1) is 0 Å². The number of pyridine rings is 1. The number of aromatic nitrogens is 1. The largest absolute Gasteiger partial charge is 0.356 e. The Morgan fingerprint density at radius 1 is 1.25 bits per heavy atom. The fraction of sp³-hybridized carbons (Fsp3) is 0.267. The molecule has 1 heterocycles. The van der Waals surface area contributed by atoms with Gasteiger partial charge in [-0.2, -0.15) is 0 Å². The van der Waals surface area contributed by atoms with E-state index in [-0.39, 0.29) is 11.8 Å². The highest BCUT2D eigenvalue weighted by atomic mass is 16.2. The molecular formula is C15H17N3O2. The number of rotatable bonds is 4. The molecule has 5 nitrogen and oxygen atoms in total. The van der Waals surface area contributed by atoms with Crippen molar-refractivity contribution < 1.29 is 9.59 Å². The molecule has 0 spiro atoms. The Kier molecular flexibility index (Phi) is 4.30. The molecule has 0 radical (unpaired) electrons. The maximum atomic E-state index is 11.8. The first-order valence-corrected chi connectivity index (χ1v) is 6.46. The summed E-state index contributed by atoms with van der Waals surface area (Å²) in [7, 11) is 1.61. The lowest BCUT2D eigenvalue weighted by molar-refractivity contribution is -0.118. The Morgan fingerprint density at radius 2 is 2.05 bits per heavy atom. The first kappa shape index (κ1) is 14.0. The molecule has 1 aromatic carbocycles. The second-order valence-corrected chi connectivity index (χ2v) is 4.48. The van der Waals surface area contributed by atoms with E-state index >= 15 is 0 Å². The monoisotopic (exact) mass is 271 g/mol. The molecule has 0 saturated carbocycles. The minimum absolute atomic E-state index is 0.0516. The van der Waals surface area contributed by atoms with Gasteiger partial charge in [-0.3, -0.25) is 14.6 Å². The van der Waals surface area contributed by atoms with Crippen LogP contribution in [0.1, 0.15) is 22.8 Å². The maximum absolute atomic E-state index is 11.8. The van der Waals surface area contributed by atoms with Crippen molar-refractivity contribution in [3.8, 4) is 0 Å². The topological polar surface area (TPSA) is 71.1 Å². The van der Waals surface area contributed by atoms with Crippen LogP contribution in [-0.4, -0.2) is 30.4 Å². The van der Waals surface area contributed by atoms with E-state index in [2.05, 4.69) is 15.6 Å². The first-order chi connectivity index (χ1) is 9.63. The van der Waals surface area contributed by atoms with E-state index in [1.54, 1.807) is 19.3 Å². The van der Waals surface area contributed by atoms with E-state index in [0.717, 1.165) is 16.5 Å². The van der Waals surface area contributed by atoms with Gasteiger partial charge in [-0.1, -0.05) is 18.2 Å². The van der Waals surface area contributed by atoms with Crippen molar-refractivity contribution in [3.63, 3.8) is 0 Å². The fourth-order valence-electron chi connectivity index (χ4n) is 2.14. The van der Waals surface area contributed by atoms with E-state index < -0.39 is 0 Å². The minimum Gasteiger partial charge on any atom is -0.356 e. The normalized spacial score (nSPS) is 10.3. The number of hydrogen-bond acceptors (Lipinski definition) is 3. The number of amides is 2. The summed E-state index contributed by atoms with van der Waals surface area (Å²) in [6.07, 6.45) is 2.32. The zero-order valence-corrected chi connectivity index (χ0v) is 11.6. The molecule has 0 atom stereocenters. The molecule has 1 aromatic heterocycles. The average Bonchev–Trinajstić information content (AvgIpc) is 2.45. The lowest BCUT2D eigenvalue weighted by Gasteiger charge is -2.09. The number of fused-ring (bicyclic) bond motifs is 1. The van der Waals surface area contributed by atoms with Gasteiger partial charge >= 0.3 is 0 Å². The highest BCUT2D eigenvalue weighted by Crippen LogP contribution is 2.20. The van der Waals surface area contributed by atoms with Crippen molar-refractivity contribution in [1.29, 1.82) is 0 Å². The molecule has 104 valence electrons. The fourth-order valence-corrected chi connectivity index (χ4v) is 2.14. The molecule has 5 heteroatoms. The van der Waals surface area contributed by atoms with Crippen LogP contribution < -0.4 is 10.6 Å². The Balaban J connectivity index is 2.37. The molecule has 2 N–H and O–H groups in total. The third kappa shape index (κ3) is 2.93. The van der Waals surface area contributed by atoms with Gasteiger partial charge in [0, 0.05) is 32.1 Å². The van der Waals surface area contributed by atoms with Crippen molar-refractivity contribution in [2.24, 2.45) is 0 Å². The zero-order chi connectivity index (χ0) is 14.5. The molecule has 20 heavy (non-hydrogen) atoms. The number of carbonyl (C=O) groups is 2. The quantitative estimate of drug-likeness (QED) is 0.879. The summed E-state index contributed by atoms with van der Waals surface area (Å²) in [6.45, 7) is 2.05. The van der Waals surface area contributed by atoms with Gasteiger partial charge in [0.2, 0.25) is 5.91 Å². The predicted octanol–water partition coefficient (Wildman–Crippen LogP) is 1.27. The van der Waals surface area contributed by atoms with Gasteiger partial charge in [0.1, 0.15) is 0 Å². The van der Waals surface area contributed by atoms with Crippen LogP contribution in [0.25, 0.3) is 10.9 Å². The van der Waals surface area contributed by atoms with Gasteiger partial charge in [0.05, 0.1) is 11.1 Å². The summed E-state index contributed by atoms with van der Waals surface area (Å²) < 4.78 is 0. The zero-order valence-electron chi connectivity index (χ0n) is 11.6. The van der Waals surface area contributed by atoms with Gasteiger partial charge in [0.25, 0.3) is 5.91 Å². The highest BCUT2D eigenvalue weighted by Gasteiger charge is 2.11. The summed E-state index contributed by atoms with van der Waals surface area (Å²) in [5.74, 6) is -0.180. The molecule has 0 aliphatic rings. The van der Waals surface area contributed by atoms with Crippen molar-refractivity contribution >= 4 is 22.7 Å². The van der Waals surface area contributed by atoms with Gasteiger partial charge in [-0.05, 0) is 18.1 Å². The van der Waals surface area contributed by atoms with E-state index in [1.807, 2.05) is 18.2 Å². The molecule has 0 aliphatic carbocycles. The van der Waals surface area contributed by atoms with Gasteiger partial charge in [-0.25, -0.2) is 0 Å². The molecule has 2 amide bonds. The molecule has 0 bridgehead atoms. The Bertz CT molecular complexity index is 653. The van der Waals surface area contributed by atoms with Crippen LogP contribution in [-0.2, 0) is 11.2 Å². The van der Waals surface area contributed by atoms with E-state index in [9.17, 15) is 9.59 Å². The predicted molar refractivity (Wildman–Crippen MR) is 77.5 cm³/mol. The van der Waals surface area contributed by atoms with Gasteiger partial charge in [0.15, 0.2) is 0 Å². The van der Waals surface area contributed by atoms with Crippen LogP contribution in [0.2, 0.25) is 0 Å². The van der Waals surface area contributed by atoms with Crippen LogP contribution >= 0.6 is 0 Å². The average molecular weight is 271 g/mol. The van der Waals surface area contributed by atoms with Crippen molar-refractivity contribution in [2.75, 3.05) is 13.6 Å². The number of nitrogens with zero attached hydrogens (tertiary/aromatic N) is 1. The summed E-state index contributed by atoms with van der Waals surface area (Å²) in [5, 5.41) is 6.21. The molecule has 0 aliphatic heterocycles. The van der Waals surface area contributed by atoms with Crippen LogP contribution in [0.4, 0.5) is 0 Å². The Labute approximate surface area is 117 Å². The van der Waals surface area contributed by atoms with Crippen molar-refractivity contribution in [1.82, 2.24) is 15.6 Å². The smallest absolute Gasteiger partial charge is 0.251 e. The molecule has 0 saturated heterocycles. The van der Waals surface area contributed by atoms with Crippen LogP contribution in [0.3, 0.4) is 0 Å². The summed E-state index contributed by atoms with van der Waals surface area (Å²) in [5.41, 5.74) is 2.43. The number of hydrogen-bond donors (Lipinski definition) is 2. The molecule has 2 aromatic rings. The summed E-state index contributed by atoms with van der Waals surface area (Å²) in [4.78, 5) is 27.1. The van der Waals surface area contributed by atoms with E-state index in [4.69, 9.17) is 0 Å². The highest BCUT2D eigenvalue weighted by molar-refractivity contribution is 6.06. The third-order valence-electron chi connectivity index (χ3n) is 3.09. The molecule has 2 rings (SSSR count). The van der Waals surface area contributed by atoms with Crippen molar-refractivity contribution in [2.45, 2.75) is 13.3 Å². The maximum Gasteiger partial charge on any atom is 0.251 e. The Morgan fingerprint density at radius 3 is 2.75 bits per heavy atom. The van der Waals surface area contributed by atoms with E-state index in [1.165, 1.54) is 6.92 Å². The number of para-hydroxylation sites is 1. The summed E-state index contributed by atoms with van der Waals surface area (Å²) in [6, 6.07) is 7.46. The lowest BCUT2D eigenvalue weighted by atomic mass is 10.0. The summed E-state index contributed by atoms with van der Waals surface area (Å²) >= 11 is 0. The van der Waals surface area contributed by atoms with Crippen LogP contribution in [0.15, 0.2) is 30.5 Å². The first-order valence-electron chi connectivity index (χ1n) is 6.46.